The topological polar surface area (TPSA) is 33.0 Å². The van der Waals surface area contributed by atoms with Gasteiger partial charge in [0.1, 0.15) is 11.6 Å². The number of nitriles is 1. The van der Waals surface area contributed by atoms with E-state index in [9.17, 15) is 4.39 Å². The molecule has 0 amide bonds. The van der Waals surface area contributed by atoms with E-state index in [1.54, 1.807) is 6.07 Å². The van der Waals surface area contributed by atoms with Crippen molar-refractivity contribution in [2.24, 2.45) is 0 Å². The molecule has 2 rings (SSSR count). The predicted octanol–water partition coefficient (Wildman–Crippen LogP) is 2.63. The molecule has 14 heavy (non-hydrogen) atoms. The van der Waals surface area contributed by atoms with Gasteiger partial charge >= 0.3 is 0 Å². The van der Waals surface area contributed by atoms with Crippen LogP contribution in [0.25, 0.3) is 0 Å². The van der Waals surface area contributed by atoms with Crippen LogP contribution in [0, 0.1) is 17.1 Å². The first-order chi connectivity index (χ1) is 6.78. The summed E-state index contributed by atoms with van der Waals surface area (Å²) in [6, 6.07) is 5.99. The summed E-state index contributed by atoms with van der Waals surface area (Å²) >= 11 is 0. The lowest BCUT2D eigenvalue weighted by Gasteiger charge is -2.26. The number of benzene rings is 1. The van der Waals surface area contributed by atoms with Crippen LogP contribution < -0.4 is 4.74 Å². The number of rotatable bonds is 2. The molecule has 0 saturated heterocycles. The average Bonchev–Trinajstić information content (AvgIpc) is 2.10. The van der Waals surface area contributed by atoms with Gasteiger partial charge in [-0.1, -0.05) is 0 Å². The van der Waals surface area contributed by atoms with Gasteiger partial charge in [0.05, 0.1) is 17.7 Å². The summed E-state index contributed by atoms with van der Waals surface area (Å²) in [7, 11) is 0. The molecule has 3 heteroatoms. The van der Waals surface area contributed by atoms with Crippen LogP contribution in [0.3, 0.4) is 0 Å². The Morgan fingerprint density at radius 1 is 1.36 bits per heavy atom. The lowest BCUT2D eigenvalue weighted by molar-refractivity contribution is 0.120. The molecular weight excluding hydrogens is 181 g/mol. The molecule has 1 aliphatic rings. The summed E-state index contributed by atoms with van der Waals surface area (Å²) in [6.07, 6.45) is 3.44. The smallest absolute Gasteiger partial charge is 0.128 e. The normalized spacial score (nSPS) is 15.7. The number of nitrogens with zero attached hydrogens (tertiary/aromatic N) is 1. The quantitative estimate of drug-likeness (QED) is 0.719. The highest BCUT2D eigenvalue weighted by Gasteiger charge is 2.19. The maximum Gasteiger partial charge on any atom is 0.128 e. The van der Waals surface area contributed by atoms with Crippen LogP contribution in [0.1, 0.15) is 24.8 Å². The Morgan fingerprint density at radius 2 is 2.14 bits per heavy atom. The molecule has 0 bridgehead atoms. The third-order valence-electron chi connectivity index (χ3n) is 2.36. The molecule has 0 aliphatic heterocycles. The van der Waals surface area contributed by atoms with E-state index in [2.05, 4.69) is 0 Å². The summed E-state index contributed by atoms with van der Waals surface area (Å²) in [4.78, 5) is 0. The van der Waals surface area contributed by atoms with Gasteiger partial charge in [-0.25, -0.2) is 4.39 Å². The standard InChI is InChI=1S/C11H10FNO/c12-9-4-8(7-13)5-11(6-9)14-10-2-1-3-10/h4-6,10H,1-3H2. The number of halogens is 1. The van der Waals surface area contributed by atoms with Gasteiger partial charge < -0.3 is 4.74 Å². The van der Waals surface area contributed by atoms with E-state index in [1.165, 1.54) is 18.6 Å². The van der Waals surface area contributed by atoms with E-state index in [1.807, 2.05) is 6.07 Å². The van der Waals surface area contributed by atoms with E-state index in [0.29, 0.717) is 11.3 Å². The largest absolute Gasteiger partial charge is 0.490 e. The number of hydrogen-bond acceptors (Lipinski definition) is 2. The summed E-state index contributed by atoms with van der Waals surface area (Å²) in [5.74, 6) is 0.0459. The molecule has 1 aliphatic carbocycles. The second-order valence-corrected chi connectivity index (χ2v) is 3.46. The zero-order valence-corrected chi connectivity index (χ0v) is 7.66. The van der Waals surface area contributed by atoms with Crippen LogP contribution in [0.5, 0.6) is 5.75 Å². The van der Waals surface area contributed by atoms with E-state index in [4.69, 9.17) is 10.00 Å². The van der Waals surface area contributed by atoms with Gasteiger partial charge in [0, 0.05) is 6.07 Å². The van der Waals surface area contributed by atoms with Crippen LogP contribution in [0.2, 0.25) is 0 Å². The van der Waals surface area contributed by atoms with E-state index >= 15 is 0 Å². The van der Waals surface area contributed by atoms with Gasteiger partial charge in [-0.15, -0.1) is 0 Å². The van der Waals surface area contributed by atoms with Gasteiger partial charge in [-0.3, -0.25) is 0 Å². The minimum absolute atomic E-state index is 0.211. The summed E-state index contributed by atoms with van der Waals surface area (Å²) in [5, 5.41) is 8.62. The second-order valence-electron chi connectivity index (χ2n) is 3.46. The van der Waals surface area contributed by atoms with Crippen molar-refractivity contribution in [2.45, 2.75) is 25.4 Å². The van der Waals surface area contributed by atoms with E-state index in [-0.39, 0.29) is 6.10 Å². The minimum atomic E-state index is -0.418. The van der Waals surface area contributed by atoms with Crippen LogP contribution >= 0.6 is 0 Å². The second kappa shape index (κ2) is 3.67. The Hall–Kier alpha value is -1.56. The van der Waals surface area contributed by atoms with Crippen molar-refractivity contribution in [1.29, 1.82) is 5.26 Å². The van der Waals surface area contributed by atoms with Crippen LogP contribution in [-0.4, -0.2) is 6.10 Å². The summed E-state index contributed by atoms with van der Waals surface area (Å²) in [5.41, 5.74) is 0.305. The first-order valence-corrected chi connectivity index (χ1v) is 4.65. The highest BCUT2D eigenvalue weighted by molar-refractivity contribution is 5.37. The first kappa shape index (κ1) is 9.01. The molecule has 0 N–H and O–H groups in total. The van der Waals surface area contributed by atoms with Crippen molar-refractivity contribution >= 4 is 0 Å². The summed E-state index contributed by atoms with van der Waals surface area (Å²) < 4.78 is 18.4. The van der Waals surface area contributed by atoms with Crippen molar-refractivity contribution in [3.63, 3.8) is 0 Å². The molecule has 0 radical (unpaired) electrons. The van der Waals surface area contributed by atoms with E-state index < -0.39 is 5.82 Å². The minimum Gasteiger partial charge on any atom is -0.490 e. The average molecular weight is 191 g/mol. The monoisotopic (exact) mass is 191 g/mol. The Bertz CT molecular complexity index is 379. The Balaban J connectivity index is 2.16. The molecule has 0 heterocycles. The Morgan fingerprint density at radius 3 is 2.71 bits per heavy atom. The molecule has 72 valence electrons. The molecule has 1 saturated carbocycles. The molecule has 0 atom stereocenters. The molecule has 1 aromatic rings. The first-order valence-electron chi connectivity index (χ1n) is 4.65. The predicted molar refractivity (Wildman–Crippen MR) is 49.4 cm³/mol. The third kappa shape index (κ3) is 1.85. The molecule has 0 unspecified atom stereocenters. The highest BCUT2D eigenvalue weighted by Crippen LogP contribution is 2.26. The van der Waals surface area contributed by atoms with Crippen molar-refractivity contribution in [1.82, 2.24) is 0 Å². The maximum atomic E-state index is 13.0. The van der Waals surface area contributed by atoms with Crippen molar-refractivity contribution in [3.8, 4) is 11.8 Å². The van der Waals surface area contributed by atoms with Gasteiger partial charge in [-0.05, 0) is 31.4 Å². The molecule has 1 fully saturated rings. The van der Waals surface area contributed by atoms with Gasteiger partial charge in [-0.2, -0.15) is 5.26 Å². The van der Waals surface area contributed by atoms with Crippen molar-refractivity contribution in [2.75, 3.05) is 0 Å². The SMILES string of the molecule is N#Cc1cc(F)cc(OC2CCC2)c1. The lowest BCUT2D eigenvalue weighted by atomic mass is 9.96. The Labute approximate surface area is 81.9 Å². The molecule has 0 aromatic heterocycles. The van der Waals surface area contributed by atoms with Gasteiger partial charge in [0.25, 0.3) is 0 Å². The number of ether oxygens (including phenoxy) is 1. The fourth-order valence-electron chi connectivity index (χ4n) is 1.38. The van der Waals surface area contributed by atoms with Crippen LogP contribution in [-0.2, 0) is 0 Å². The van der Waals surface area contributed by atoms with Crippen molar-refractivity contribution in [3.05, 3.63) is 29.6 Å². The molecule has 0 spiro atoms. The zero-order valence-electron chi connectivity index (χ0n) is 7.66. The molecule has 1 aromatic carbocycles. The zero-order chi connectivity index (χ0) is 9.97. The Kier molecular flexibility index (Phi) is 2.36. The van der Waals surface area contributed by atoms with Gasteiger partial charge in [0.15, 0.2) is 0 Å². The fourth-order valence-corrected chi connectivity index (χ4v) is 1.38. The van der Waals surface area contributed by atoms with Crippen molar-refractivity contribution < 1.29 is 9.13 Å². The maximum absolute atomic E-state index is 13.0. The van der Waals surface area contributed by atoms with Crippen LogP contribution in [0.15, 0.2) is 18.2 Å². The fraction of sp³-hybridized carbons (Fsp3) is 0.364. The lowest BCUT2D eigenvalue weighted by Crippen LogP contribution is -2.24. The summed E-state index contributed by atoms with van der Waals surface area (Å²) in [6.45, 7) is 0. The highest BCUT2D eigenvalue weighted by atomic mass is 19.1. The molecular formula is C11H10FNO. The third-order valence-corrected chi connectivity index (χ3v) is 2.36. The van der Waals surface area contributed by atoms with E-state index in [0.717, 1.165) is 12.8 Å². The number of hydrogen-bond donors (Lipinski definition) is 0. The molecule has 2 nitrogen and oxygen atoms in total. The van der Waals surface area contributed by atoms with Gasteiger partial charge in [0.2, 0.25) is 0 Å². The van der Waals surface area contributed by atoms with Crippen LogP contribution in [0.4, 0.5) is 4.39 Å².